The SMILES string of the molecule is CCc1ccccc1NC(=O)CCN(C)CCSC. The monoisotopic (exact) mass is 280 g/mol. The maximum Gasteiger partial charge on any atom is 0.225 e. The van der Waals surface area contributed by atoms with Crippen LogP contribution >= 0.6 is 11.8 Å². The third-order valence-electron chi connectivity index (χ3n) is 3.07. The smallest absolute Gasteiger partial charge is 0.225 e. The molecule has 4 heteroatoms. The zero-order valence-corrected chi connectivity index (χ0v) is 12.9. The van der Waals surface area contributed by atoms with Crippen LogP contribution in [-0.2, 0) is 11.2 Å². The topological polar surface area (TPSA) is 32.3 Å². The molecule has 0 atom stereocenters. The van der Waals surface area contributed by atoms with E-state index in [0.29, 0.717) is 6.42 Å². The molecule has 0 aliphatic heterocycles. The van der Waals surface area contributed by atoms with Crippen LogP contribution in [0.2, 0.25) is 0 Å². The van der Waals surface area contributed by atoms with Gasteiger partial charge in [0.15, 0.2) is 0 Å². The first kappa shape index (κ1) is 16.1. The van der Waals surface area contributed by atoms with Crippen molar-refractivity contribution in [3.8, 4) is 0 Å². The van der Waals surface area contributed by atoms with Crippen molar-refractivity contribution in [1.29, 1.82) is 0 Å². The lowest BCUT2D eigenvalue weighted by Gasteiger charge is -2.16. The van der Waals surface area contributed by atoms with E-state index in [1.807, 2.05) is 30.0 Å². The van der Waals surface area contributed by atoms with Crippen LogP contribution in [0.15, 0.2) is 24.3 Å². The summed E-state index contributed by atoms with van der Waals surface area (Å²) < 4.78 is 0. The second-order valence-corrected chi connectivity index (χ2v) is 5.59. The van der Waals surface area contributed by atoms with Gasteiger partial charge in [0.1, 0.15) is 0 Å². The summed E-state index contributed by atoms with van der Waals surface area (Å²) in [5.41, 5.74) is 2.13. The molecule has 1 amide bonds. The molecule has 0 heterocycles. The Morgan fingerprint density at radius 1 is 1.32 bits per heavy atom. The maximum absolute atomic E-state index is 11.9. The highest BCUT2D eigenvalue weighted by Gasteiger charge is 2.07. The van der Waals surface area contributed by atoms with Crippen molar-refractivity contribution in [2.75, 3.05) is 37.5 Å². The molecule has 19 heavy (non-hydrogen) atoms. The van der Waals surface area contributed by atoms with Gasteiger partial charge in [0.2, 0.25) is 5.91 Å². The van der Waals surface area contributed by atoms with Gasteiger partial charge in [-0.05, 0) is 31.4 Å². The molecule has 1 N–H and O–H groups in total. The van der Waals surface area contributed by atoms with E-state index in [2.05, 4.69) is 36.5 Å². The molecular weight excluding hydrogens is 256 g/mol. The van der Waals surface area contributed by atoms with Gasteiger partial charge < -0.3 is 10.2 Å². The number of rotatable bonds is 8. The van der Waals surface area contributed by atoms with E-state index in [4.69, 9.17) is 0 Å². The van der Waals surface area contributed by atoms with Gasteiger partial charge in [0.25, 0.3) is 0 Å². The number of anilines is 1. The largest absolute Gasteiger partial charge is 0.326 e. The average molecular weight is 280 g/mol. The average Bonchev–Trinajstić information content (AvgIpc) is 2.43. The fourth-order valence-electron chi connectivity index (χ4n) is 1.81. The maximum atomic E-state index is 11.9. The van der Waals surface area contributed by atoms with Crippen molar-refractivity contribution in [3.63, 3.8) is 0 Å². The molecule has 1 aromatic rings. The molecule has 0 radical (unpaired) electrons. The normalized spacial score (nSPS) is 10.7. The quantitative estimate of drug-likeness (QED) is 0.794. The predicted octanol–water partition coefficient (Wildman–Crippen LogP) is 2.87. The molecule has 0 bridgehead atoms. The van der Waals surface area contributed by atoms with Crippen molar-refractivity contribution in [2.45, 2.75) is 19.8 Å². The molecule has 0 aromatic heterocycles. The third kappa shape index (κ3) is 6.12. The highest BCUT2D eigenvalue weighted by atomic mass is 32.2. The molecule has 0 saturated heterocycles. The molecule has 106 valence electrons. The molecule has 3 nitrogen and oxygen atoms in total. The molecule has 0 aliphatic rings. The number of benzene rings is 1. The summed E-state index contributed by atoms with van der Waals surface area (Å²) in [5.74, 6) is 1.20. The van der Waals surface area contributed by atoms with Gasteiger partial charge in [0, 0.05) is 31.0 Å². The van der Waals surface area contributed by atoms with Crippen LogP contribution < -0.4 is 5.32 Å². The van der Waals surface area contributed by atoms with Gasteiger partial charge in [-0.3, -0.25) is 4.79 Å². The van der Waals surface area contributed by atoms with Crippen LogP contribution in [0.25, 0.3) is 0 Å². The lowest BCUT2D eigenvalue weighted by molar-refractivity contribution is -0.116. The Morgan fingerprint density at radius 2 is 2.05 bits per heavy atom. The van der Waals surface area contributed by atoms with Gasteiger partial charge >= 0.3 is 0 Å². The lowest BCUT2D eigenvalue weighted by atomic mass is 10.1. The second-order valence-electron chi connectivity index (χ2n) is 4.60. The summed E-state index contributed by atoms with van der Waals surface area (Å²) in [6.07, 6.45) is 3.58. The first-order chi connectivity index (χ1) is 9.17. The minimum atomic E-state index is 0.0944. The number of carbonyl (C=O) groups is 1. The summed E-state index contributed by atoms with van der Waals surface area (Å²) in [6.45, 7) is 3.93. The zero-order valence-electron chi connectivity index (χ0n) is 12.1. The number of nitrogens with zero attached hydrogens (tertiary/aromatic N) is 1. The summed E-state index contributed by atoms with van der Waals surface area (Å²) in [5, 5.41) is 3.00. The van der Waals surface area contributed by atoms with Crippen molar-refractivity contribution >= 4 is 23.4 Å². The minimum Gasteiger partial charge on any atom is -0.326 e. The van der Waals surface area contributed by atoms with Crippen LogP contribution in [0.4, 0.5) is 5.69 Å². The summed E-state index contributed by atoms with van der Waals surface area (Å²) in [6, 6.07) is 7.98. The Balaban J connectivity index is 2.38. The van der Waals surface area contributed by atoms with Gasteiger partial charge in [0.05, 0.1) is 0 Å². The Morgan fingerprint density at radius 3 is 2.74 bits per heavy atom. The van der Waals surface area contributed by atoms with E-state index in [1.54, 1.807) is 0 Å². The van der Waals surface area contributed by atoms with Crippen LogP contribution in [0.1, 0.15) is 18.9 Å². The first-order valence-electron chi connectivity index (χ1n) is 6.72. The number of para-hydroxylation sites is 1. The number of hydrogen-bond donors (Lipinski definition) is 1. The van der Waals surface area contributed by atoms with Crippen molar-refractivity contribution in [3.05, 3.63) is 29.8 Å². The number of carbonyl (C=O) groups excluding carboxylic acids is 1. The lowest BCUT2D eigenvalue weighted by Crippen LogP contribution is -2.26. The zero-order chi connectivity index (χ0) is 14.1. The highest BCUT2D eigenvalue weighted by molar-refractivity contribution is 7.98. The van der Waals surface area contributed by atoms with Crippen LogP contribution in [-0.4, -0.2) is 43.0 Å². The summed E-state index contributed by atoms with van der Waals surface area (Å²) >= 11 is 1.83. The van der Waals surface area contributed by atoms with E-state index in [0.717, 1.165) is 31.0 Å². The van der Waals surface area contributed by atoms with E-state index < -0.39 is 0 Å². The van der Waals surface area contributed by atoms with Crippen LogP contribution in [0, 0.1) is 0 Å². The fraction of sp³-hybridized carbons (Fsp3) is 0.533. The van der Waals surface area contributed by atoms with Crippen molar-refractivity contribution in [1.82, 2.24) is 4.90 Å². The second kappa shape index (κ2) is 8.99. The molecule has 0 unspecified atom stereocenters. The molecule has 0 fully saturated rings. The van der Waals surface area contributed by atoms with Gasteiger partial charge in [-0.2, -0.15) is 11.8 Å². The number of amides is 1. The molecule has 0 saturated carbocycles. The number of hydrogen-bond acceptors (Lipinski definition) is 3. The van der Waals surface area contributed by atoms with Crippen LogP contribution in [0.5, 0.6) is 0 Å². The summed E-state index contributed by atoms with van der Waals surface area (Å²) in [4.78, 5) is 14.1. The number of nitrogens with one attached hydrogen (secondary N) is 1. The Kier molecular flexibility index (Phi) is 7.60. The molecule has 0 spiro atoms. The van der Waals surface area contributed by atoms with E-state index in [1.165, 1.54) is 5.56 Å². The van der Waals surface area contributed by atoms with Gasteiger partial charge in [-0.1, -0.05) is 25.1 Å². The first-order valence-corrected chi connectivity index (χ1v) is 8.12. The van der Waals surface area contributed by atoms with E-state index in [9.17, 15) is 4.79 Å². The number of aryl methyl sites for hydroxylation is 1. The van der Waals surface area contributed by atoms with Crippen LogP contribution in [0.3, 0.4) is 0 Å². The standard InChI is InChI=1S/C15H24N2OS/c1-4-13-7-5-6-8-14(13)16-15(18)9-10-17(2)11-12-19-3/h5-8H,4,9-12H2,1-3H3,(H,16,18). The van der Waals surface area contributed by atoms with Gasteiger partial charge in [-0.25, -0.2) is 0 Å². The van der Waals surface area contributed by atoms with E-state index >= 15 is 0 Å². The van der Waals surface area contributed by atoms with Crippen molar-refractivity contribution in [2.24, 2.45) is 0 Å². The predicted molar refractivity (Wildman–Crippen MR) is 84.9 cm³/mol. The molecule has 1 aromatic carbocycles. The highest BCUT2D eigenvalue weighted by Crippen LogP contribution is 2.15. The Bertz CT molecular complexity index is 395. The summed E-state index contributed by atoms with van der Waals surface area (Å²) in [7, 11) is 2.06. The number of thioether (sulfide) groups is 1. The minimum absolute atomic E-state index is 0.0944. The molecule has 1 rings (SSSR count). The Hall–Kier alpha value is -1.000. The van der Waals surface area contributed by atoms with Crippen molar-refractivity contribution < 1.29 is 4.79 Å². The fourth-order valence-corrected chi connectivity index (χ4v) is 2.31. The van der Waals surface area contributed by atoms with Gasteiger partial charge in [-0.15, -0.1) is 0 Å². The molecule has 0 aliphatic carbocycles. The molecular formula is C15H24N2OS. The Labute approximate surface area is 120 Å². The third-order valence-corrected chi connectivity index (χ3v) is 3.66. The van der Waals surface area contributed by atoms with E-state index in [-0.39, 0.29) is 5.91 Å².